The van der Waals surface area contributed by atoms with Crippen LogP contribution in [0.2, 0.25) is 0 Å². The summed E-state index contributed by atoms with van der Waals surface area (Å²) in [5.41, 5.74) is 0. The monoisotopic (exact) mass is 508 g/mol. The van der Waals surface area contributed by atoms with Gasteiger partial charge in [-0.2, -0.15) is 0 Å². The van der Waals surface area contributed by atoms with E-state index < -0.39 is 41.8 Å². The third kappa shape index (κ3) is 4.79. The van der Waals surface area contributed by atoms with Gasteiger partial charge in [0.1, 0.15) is 0 Å². The van der Waals surface area contributed by atoms with Crippen molar-refractivity contribution < 1.29 is 0 Å². The molecule has 0 aromatic heterocycles. The molecule has 0 saturated carbocycles. The van der Waals surface area contributed by atoms with Crippen LogP contribution in [0.3, 0.4) is 0 Å². The van der Waals surface area contributed by atoms with E-state index in [1.165, 1.54) is 7.22 Å². The van der Waals surface area contributed by atoms with Crippen LogP contribution in [-0.2, 0) is 0 Å². The maximum absolute atomic E-state index is 6.35. The Morgan fingerprint density at radius 3 is 1.28 bits per heavy atom. The van der Waals surface area contributed by atoms with Crippen molar-refractivity contribution in [1.29, 1.82) is 0 Å². The molecule has 0 radical (unpaired) electrons. The molecule has 0 aliphatic rings. The Morgan fingerprint density at radius 1 is 0.611 bits per heavy atom. The number of benzene rings is 2. The van der Waals surface area contributed by atoms with Gasteiger partial charge in [0.25, 0.3) is 0 Å². The zero-order valence-electron chi connectivity index (χ0n) is 9.35. The van der Waals surface area contributed by atoms with E-state index in [0.717, 1.165) is 6.16 Å². The van der Waals surface area contributed by atoms with E-state index in [4.69, 9.17) is 23.2 Å². The Hall–Kier alpha value is 0.339. The Morgan fingerprint density at radius 2 is 0.944 bits per heavy atom. The molecular weight excluding hydrogens is 494 g/mol. The summed E-state index contributed by atoms with van der Waals surface area (Å²) >= 11 is 11.7. The summed E-state index contributed by atoms with van der Waals surface area (Å²) in [6.07, 6.45) is 0. The van der Waals surface area contributed by atoms with Gasteiger partial charge in [0.2, 0.25) is 0 Å². The van der Waals surface area contributed by atoms with Crippen LogP contribution in [0.1, 0.15) is 0 Å². The molecule has 0 amide bonds. The van der Waals surface area contributed by atoms with E-state index in [2.05, 4.69) is 24.3 Å². The van der Waals surface area contributed by atoms with Gasteiger partial charge in [-0.3, -0.25) is 0 Å². The molecule has 0 saturated heterocycles. The summed E-state index contributed by atoms with van der Waals surface area (Å²) in [5, 5.41) is 0. The van der Waals surface area contributed by atoms with Crippen molar-refractivity contribution in [2.45, 2.75) is 0 Å². The molecule has 18 heavy (non-hydrogen) atoms. The molecule has 0 N–H and O–H groups in total. The minimum absolute atomic E-state index is 0.520. The Balaban J connectivity index is 2.06. The van der Waals surface area contributed by atoms with Crippen LogP contribution in [0.25, 0.3) is 0 Å². The zero-order chi connectivity index (χ0) is 12.8. The number of hydrogen-bond donors (Lipinski definition) is 0. The molecule has 0 atom stereocenters. The fourth-order valence-corrected chi connectivity index (χ4v) is 7.89. The molecular formula is C14H10Cl2Te2. The summed E-state index contributed by atoms with van der Waals surface area (Å²) in [7, 11) is 0. The second-order valence-corrected chi connectivity index (χ2v) is 11.7. The Kier molecular flexibility index (Phi) is 6.40. The van der Waals surface area contributed by atoms with Crippen molar-refractivity contribution >= 4 is 72.3 Å². The summed E-state index contributed by atoms with van der Waals surface area (Å²) in [6, 6.07) is 20.7. The van der Waals surface area contributed by atoms with Crippen LogP contribution >= 0.6 is 23.2 Å². The topological polar surface area (TPSA) is 0 Å². The molecule has 2 aromatic carbocycles. The van der Waals surface area contributed by atoms with Crippen molar-refractivity contribution in [2.75, 3.05) is 0 Å². The first-order valence-electron chi connectivity index (χ1n) is 5.27. The molecule has 2 rings (SSSR count). The predicted octanol–water partition coefficient (Wildman–Crippen LogP) is 2.65. The average Bonchev–Trinajstić information content (AvgIpc) is 2.41. The normalized spacial score (nSPS) is 12.1. The third-order valence-electron chi connectivity index (χ3n) is 2.06. The molecule has 0 spiro atoms. The molecule has 92 valence electrons. The Bertz CT molecular complexity index is 475. The van der Waals surface area contributed by atoms with Crippen molar-refractivity contribution in [3.8, 4) is 0 Å². The summed E-state index contributed by atoms with van der Waals surface area (Å²) < 4.78 is 4.46. The zero-order valence-corrected chi connectivity index (χ0v) is 15.5. The van der Waals surface area contributed by atoms with Gasteiger partial charge in [0, 0.05) is 0 Å². The minimum atomic E-state index is -0.520. The number of rotatable bonds is 4. The quantitative estimate of drug-likeness (QED) is 0.562. The fourth-order valence-electron chi connectivity index (χ4n) is 1.26. The van der Waals surface area contributed by atoms with Crippen LogP contribution < -0.4 is 7.22 Å². The van der Waals surface area contributed by atoms with Crippen LogP contribution in [0, 0.1) is 0 Å². The Labute approximate surface area is 138 Å². The first kappa shape index (κ1) is 14.7. The van der Waals surface area contributed by atoms with Crippen molar-refractivity contribution in [3.05, 3.63) is 66.8 Å². The molecule has 2 aromatic rings. The van der Waals surface area contributed by atoms with E-state index in [1.807, 2.05) is 36.4 Å². The molecule has 4 heteroatoms. The maximum atomic E-state index is 6.35. The predicted molar refractivity (Wildman–Crippen MR) is 82.4 cm³/mol. The van der Waals surface area contributed by atoms with E-state index >= 15 is 0 Å². The van der Waals surface area contributed by atoms with Gasteiger partial charge < -0.3 is 0 Å². The van der Waals surface area contributed by atoms with Gasteiger partial charge in [-0.05, 0) is 0 Å². The second-order valence-electron chi connectivity index (χ2n) is 3.38. The van der Waals surface area contributed by atoms with Gasteiger partial charge >= 0.3 is 139 Å². The van der Waals surface area contributed by atoms with E-state index in [-0.39, 0.29) is 0 Å². The number of hydrogen-bond acceptors (Lipinski definition) is 0. The SMILES string of the molecule is Cl/C([Te]c1ccccc1)=C(/Cl)[Te]c1ccccc1. The standard InChI is InChI=1S/C14H10Cl2Te2/c15-13(17-11-7-3-1-4-8-11)14(16)18-12-9-5-2-6-10-12/h1-10H/b14-13+. The molecule has 0 aliphatic carbocycles. The van der Waals surface area contributed by atoms with Gasteiger partial charge in [-0.1, -0.05) is 0 Å². The summed E-state index contributed by atoms with van der Waals surface area (Å²) in [6.45, 7) is 0. The molecule has 0 unspecified atom stereocenters. The van der Waals surface area contributed by atoms with Crippen molar-refractivity contribution in [2.24, 2.45) is 0 Å². The van der Waals surface area contributed by atoms with Crippen LogP contribution in [-0.4, -0.2) is 41.8 Å². The average molecular weight is 504 g/mol. The van der Waals surface area contributed by atoms with Crippen molar-refractivity contribution in [1.82, 2.24) is 0 Å². The third-order valence-corrected chi connectivity index (χ3v) is 10.6. The summed E-state index contributed by atoms with van der Waals surface area (Å²) in [4.78, 5) is 0. The first-order chi connectivity index (χ1) is 8.75. The second kappa shape index (κ2) is 7.81. The molecule has 0 bridgehead atoms. The molecule has 0 heterocycles. The first-order valence-corrected chi connectivity index (χ1v) is 10.7. The van der Waals surface area contributed by atoms with E-state index in [1.54, 1.807) is 0 Å². The van der Waals surface area contributed by atoms with E-state index in [9.17, 15) is 0 Å². The van der Waals surface area contributed by atoms with E-state index in [0.29, 0.717) is 0 Å². The fraction of sp³-hybridized carbons (Fsp3) is 0. The molecule has 0 nitrogen and oxygen atoms in total. The van der Waals surface area contributed by atoms with Crippen LogP contribution in [0.15, 0.2) is 66.8 Å². The van der Waals surface area contributed by atoms with Gasteiger partial charge in [-0.15, -0.1) is 0 Å². The summed E-state index contributed by atoms with van der Waals surface area (Å²) in [5.74, 6) is 0. The van der Waals surface area contributed by atoms with Gasteiger partial charge in [0.05, 0.1) is 0 Å². The van der Waals surface area contributed by atoms with Crippen LogP contribution in [0.5, 0.6) is 0 Å². The van der Waals surface area contributed by atoms with Crippen LogP contribution in [0.4, 0.5) is 0 Å². The number of halogens is 2. The molecule has 0 aliphatic heterocycles. The van der Waals surface area contributed by atoms with Gasteiger partial charge in [-0.25, -0.2) is 0 Å². The van der Waals surface area contributed by atoms with Gasteiger partial charge in [0.15, 0.2) is 0 Å². The van der Waals surface area contributed by atoms with Crippen molar-refractivity contribution in [3.63, 3.8) is 0 Å². The molecule has 0 fully saturated rings.